The summed E-state index contributed by atoms with van der Waals surface area (Å²) in [5, 5.41) is 17.6. The van der Waals surface area contributed by atoms with Gasteiger partial charge >= 0.3 is 15.2 Å². The minimum absolute atomic E-state index is 0.0660. The van der Waals surface area contributed by atoms with Gasteiger partial charge in [-0.1, -0.05) is 0 Å². The number of sulfone groups is 2. The number of rotatable bonds is 14. The van der Waals surface area contributed by atoms with Crippen molar-refractivity contribution in [2.45, 2.75) is 85.0 Å². The van der Waals surface area contributed by atoms with E-state index in [-0.39, 0.29) is 38.6 Å². The summed E-state index contributed by atoms with van der Waals surface area (Å²) in [6.45, 7) is 11.1. The van der Waals surface area contributed by atoms with Gasteiger partial charge in [-0.05, 0) is 48.5 Å². The molecule has 2 aliphatic heterocycles. The van der Waals surface area contributed by atoms with Crippen molar-refractivity contribution >= 4 is 34.9 Å². The largest absolute Gasteiger partial charge is 0.385 e. The maximum absolute atomic E-state index is 12.3. The van der Waals surface area contributed by atoms with E-state index in [4.69, 9.17) is 32.3 Å². The molecule has 0 aromatic rings. The fourth-order valence-corrected chi connectivity index (χ4v) is 14.7. The summed E-state index contributed by atoms with van der Waals surface area (Å²) in [5.74, 6) is -0.724. The van der Waals surface area contributed by atoms with Crippen LogP contribution in [0.25, 0.3) is 0 Å². The number of aliphatic hydroxyl groups is 2. The molecule has 0 radical (unpaired) electrons. The molecule has 2 fully saturated rings. The van der Waals surface area contributed by atoms with E-state index in [2.05, 4.69) is 0 Å². The molecule has 2 heterocycles. The Morgan fingerprint density at radius 3 is 1.46 bits per heavy atom. The average Bonchev–Trinajstić information content (AvgIpc) is 3.07. The van der Waals surface area contributed by atoms with Gasteiger partial charge in [-0.3, -0.25) is 9.13 Å². The number of hydrogen-bond donors (Lipinski definition) is 2. The van der Waals surface area contributed by atoms with Crippen LogP contribution in [-0.4, -0.2) is 106 Å². The van der Waals surface area contributed by atoms with Gasteiger partial charge in [0.1, 0.15) is 18.3 Å². The highest BCUT2D eigenvalue weighted by Gasteiger charge is 2.53. The molecule has 0 spiro atoms. The quantitative estimate of drug-likeness (QED) is 0.258. The first-order chi connectivity index (χ1) is 17.8. The molecule has 0 amide bonds. The Kier molecular flexibility index (Phi) is 14.2. The third-order valence-electron chi connectivity index (χ3n) is 4.98. The zero-order chi connectivity index (χ0) is 30.3. The molecule has 2 aliphatic rings. The Morgan fingerprint density at radius 2 is 1.10 bits per heavy atom. The highest BCUT2D eigenvalue weighted by Crippen LogP contribution is 2.51. The van der Waals surface area contributed by atoms with Crippen LogP contribution in [0, 0.1) is 0 Å². The van der Waals surface area contributed by atoms with Gasteiger partial charge in [-0.25, -0.2) is 16.8 Å². The first kappa shape index (κ1) is 37.0. The highest BCUT2D eigenvalue weighted by molar-refractivity contribution is 8.12. The monoisotopic (exact) mass is 648 g/mol. The van der Waals surface area contributed by atoms with Crippen LogP contribution in [0.1, 0.15) is 48.5 Å². The molecule has 5 unspecified atom stereocenters. The van der Waals surface area contributed by atoms with E-state index in [0.717, 1.165) is 0 Å². The van der Waals surface area contributed by atoms with Gasteiger partial charge in [0, 0.05) is 0 Å². The van der Waals surface area contributed by atoms with E-state index in [1.165, 1.54) is 27.7 Å². The van der Waals surface area contributed by atoms with Gasteiger partial charge in [0.15, 0.2) is 47.8 Å². The maximum Gasteiger partial charge on any atom is 0.345 e. The molecular weight excluding hydrogens is 606 g/mol. The molecule has 2 rings (SSSR count). The summed E-state index contributed by atoms with van der Waals surface area (Å²) < 4.78 is 109. The Hall–Kier alpha value is -0.000000000000000125. The number of aliphatic hydroxyl groups excluding tert-OH is 2. The average molecular weight is 649 g/mol. The summed E-state index contributed by atoms with van der Waals surface area (Å²) in [7, 11) is -16.7. The van der Waals surface area contributed by atoms with Crippen molar-refractivity contribution in [1.82, 2.24) is 0 Å². The summed E-state index contributed by atoms with van der Waals surface area (Å²) in [6, 6.07) is 0. The van der Waals surface area contributed by atoms with Crippen molar-refractivity contribution in [2.75, 3.05) is 42.5 Å². The fraction of sp³-hybridized carbons (Fsp3) is 1.00. The molecule has 2 N–H and O–H groups in total. The summed E-state index contributed by atoms with van der Waals surface area (Å²) in [4.78, 5) is 0. The Balaban J connectivity index is 0.000000451. The Morgan fingerprint density at radius 1 is 0.744 bits per heavy atom. The molecule has 19 heteroatoms. The standard InChI is InChI=1S/C11H26O10P2S2.C9H16O5/c1-5-18-22(12,19-6-2)9-24(14,15)11-25(16,17)10-23(13,20-7-3)21-8-4;1-4-6-7(5(10)8(11)12-4)14-9(2,3)13-6/h5-11H2,1-4H3;4-8,10-11H,1-3H3. The van der Waals surface area contributed by atoms with Gasteiger partial charge in [-0.15, -0.1) is 0 Å². The smallest absolute Gasteiger partial charge is 0.345 e. The predicted octanol–water partition coefficient (Wildman–Crippen LogP) is 1.83. The number of hydrogen-bond acceptors (Lipinski definition) is 15. The molecule has 234 valence electrons. The fourth-order valence-electron chi connectivity index (χ4n) is 3.82. The van der Waals surface area contributed by atoms with E-state index in [1.54, 1.807) is 20.8 Å². The zero-order valence-corrected chi connectivity index (χ0v) is 26.7. The summed E-state index contributed by atoms with van der Waals surface area (Å²) >= 11 is 0. The van der Waals surface area contributed by atoms with E-state index in [1.807, 2.05) is 0 Å². The lowest BCUT2D eigenvalue weighted by Gasteiger charge is -2.36. The summed E-state index contributed by atoms with van der Waals surface area (Å²) in [5.41, 5.74) is -2.18. The minimum atomic E-state index is -4.38. The van der Waals surface area contributed by atoms with E-state index >= 15 is 0 Å². The SMILES string of the molecule is CC1OC(O)C(O)C2OC(C)(C)OC12.CCOP(=O)(CS(=O)(=O)CS(=O)(=O)CP(=O)(OCC)OCC)OCC. The van der Waals surface area contributed by atoms with Crippen LogP contribution < -0.4 is 0 Å². The maximum atomic E-state index is 12.3. The van der Waals surface area contributed by atoms with Crippen LogP contribution in [0.5, 0.6) is 0 Å². The van der Waals surface area contributed by atoms with Gasteiger partial charge < -0.3 is 42.5 Å². The highest BCUT2D eigenvalue weighted by atomic mass is 32.3. The van der Waals surface area contributed by atoms with Gasteiger partial charge in [0.05, 0.1) is 32.5 Å². The van der Waals surface area contributed by atoms with Crippen molar-refractivity contribution in [2.24, 2.45) is 0 Å². The minimum Gasteiger partial charge on any atom is -0.385 e. The Bertz CT molecular complexity index is 999. The van der Waals surface area contributed by atoms with Crippen molar-refractivity contribution in [3.8, 4) is 0 Å². The Labute approximate surface area is 230 Å². The molecular formula is C20H42O15P2S2. The lowest BCUT2D eigenvalue weighted by atomic mass is 10.0. The van der Waals surface area contributed by atoms with Gasteiger partial charge in [0.25, 0.3) is 0 Å². The van der Waals surface area contributed by atoms with Gasteiger partial charge in [-0.2, -0.15) is 0 Å². The first-order valence-corrected chi connectivity index (χ1v) is 19.4. The second-order valence-corrected chi connectivity index (χ2v) is 18.5. The van der Waals surface area contributed by atoms with Crippen molar-refractivity contribution in [1.29, 1.82) is 0 Å². The van der Waals surface area contributed by atoms with Crippen LogP contribution in [0.2, 0.25) is 0 Å². The van der Waals surface area contributed by atoms with Crippen molar-refractivity contribution in [3.63, 3.8) is 0 Å². The zero-order valence-electron chi connectivity index (χ0n) is 23.2. The second-order valence-electron chi connectivity index (χ2n) is 9.04. The molecule has 0 aliphatic carbocycles. The molecule has 0 saturated carbocycles. The van der Waals surface area contributed by atoms with Crippen LogP contribution in [0.3, 0.4) is 0 Å². The van der Waals surface area contributed by atoms with E-state index in [9.17, 15) is 36.2 Å². The molecule has 0 aromatic carbocycles. The molecule has 0 bridgehead atoms. The molecule has 39 heavy (non-hydrogen) atoms. The van der Waals surface area contributed by atoms with E-state index < -0.39 is 75.2 Å². The third-order valence-corrected chi connectivity index (χ3v) is 16.1. The molecule has 2 saturated heterocycles. The second kappa shape index (κ2) is 14.9. The van der Waals surface area contributed by atoms with E-state index in [0.29, 0.717) is 0 Å². The third kappa shape index (κ3) is 12.0. The number of ether oxygens (including phenoxy) is 3. The lowest BCUT2D eigenvalue weighted by molar-refractivity contribution is -0.255. The van der Waals surface area contributed by atoms with Gasteiger partial charge in [0.2, 0.25) is 0 Å². The molecule has 5 atom stereocenters. The number of fused-ring (bicyclic) bond motifs is 1. The normalized spacial score (nSPS) is 27.5. The lowest BCUT2D eigenvalue weighted by Crippen LogP contribution is -2.55. The van der Waals surface area contributed by atoms with Crippen LogP contribution in [0.4, 0.5) is 0 Å². The molecule has 0 aromatic heterocycles. The van der Waals surface area contributed by atoms with Crippen molar-refractivity contribution < 1.29 is 68.5 Å². The first-order valence-electron chi connectivity index (χ1n) is 12.3. The molecule has 15 nitrogen and oxygen atoms in total. The van der Waals surface area contributed by atoms with Crippen molar-refractivity contribution in [3.05, 3.63) is 0 Å². The topological polar surface area (TPSA) is 207 Å². The predicted molar refractivity (Wildman–Crippen MR) is 141 cm³/mol. The summed E-state index contributed by atoms with van der Waals surface area (Å²) in [6.07, 6.45) is -3.34. The van der Waals surface area contributed by atoms with Crippen LogP contribution in [-0.2, 0) is 61.1 Å². The van der Waals surface area contributed by atoms with Crippen LogP contribution in [0.15, 0.2) is 0 Å². The van der Waals surface area contributed by atoms with Crippen LogP contribution >= 0.6 is 15.2 Å².